The molecule has 1 aliphatic heterocycles. The highest BCUT2D eigenvalue weighted by Gasteiger charge is 2.24. The predicted molar refractivity (Wildman–Crippen MR) is 75.8 cm³/mol. The molecule has 21 heavy (non-hydrogen) atoms. The Bertz CT molecular complexity index is 679. The second-order valence-electron chi connectivity index (χ2n) is 4.90. The fourth-order valence-electron chi connectivity index (χ4n) is 2.41. The summed E-state index contributed by atoms with van der Waals surface area (Å²) in [4.78, 5) is 21.1. The average Bonchev–Trinajstić information content (AvgIpc) is 2.92. The van der Waals surface area contributed by atoms with Gasteiger partial charge in [0.15, 0.2) is 17.3 Å². The van der Waals surface area contributed by atoms with E-state index in [1.807, 2.05) is 13.0 Å². The van der Waals surface area contributed by atoms with Gasteiger partial charge in [0.25, 0.3) is 0 Å². The Hall–Kier alpha value is -2.21. The summed E-state index contributed by atoms with van der Waals surface area (Å²) in [6, 6.07) is 1.85. The zero-order valence-corrected chi connectivity index (χ0v) is 12.1. The van der Waals surface area contributed by atoms with E-state index in [1.165, 1.54) is 0 Å². The molecule has 0 unspecified atom stereocenters. The van der Waals surface area contributed by atoms with E-state index in [1.54, 1.807) is 13.2 Å². The van der Waals surface area contributed by atoms with Gasteiger partial charge in [0.1, 0.15) is 0 Å². The number of fused-ring (bicyclic) bond motifs is 1. The molecule has 3 rings (SSSR count). The lowest BCUT2D eigenvalue weighted by Crippen LogP contribution is -2.28. The highest BCUT2D eigenvalue weighted by Crippen LogP contribution is 2.25. The van der Waals surface area contributed by atoms with Crippen LogP contribution in [0.2, 0.25) is 0 Å². The third-order valence-electron chi connectivity index (χ3n) is 3.47. The van der Waals surface area contributed by atoms with Crippen LogP contribution >= 0.6 is 0 Å². The van der Waals surface area contributed by atoms with Crippen LogP contribution in [0, 0.1) is 6.92 Å². The second-order valence-corrected chi connectivity index (χ2v) is 4.90. The maximum absolute atomic E-state index is 12.2. The van der Waals surface area contributed by atoms with Crippen molar-refractivity contribution in [1.82, 2.24) is 15.3 Å². The summed E-state index contributed by atoms with van der Waals surface area (Å²) < 4.78 is 10.6. The summed E-state index contributed by atoms with van der Waals surface area (Å²) >= 11 is 0. The van der Waals surface area contributed by atoms with Gasteiger partial charge in [0.2, 0.25) is 0 Å². The van der Waals surface area contributed by atoms with Gasteiger partial charge in [-0.3, -0.25) is 0 Å². The maximum Gasteiger partial charge on any atom is 0.357 e. The van der Waals surface area contributed by atoms with Crippen LogP contribution in [0.4, 0.5) is 0 Å². The minimum absolute atomic E-state index is 0.320. The highest BCUT2D eigenvalue weighted by molar-refractivity contribution is 5.89. The summed E-state index contributed by atoms with van der Waals surface area (Å²) in [5, 5.41) is 3.23. The van der Waals surface area contributed by atoms with Gasteiger partial charge in [-0.1, -0.05) is 0 Å². The van der Waals surface area contributed by atoms with E-state index in [2.05, 4.69) is 15.3 Å². The molecule has 2 aromatic heterocycles. The summed E-state index contributed by atoms with van der Waals surface area (Å²) in [6.45, 7) is 5.44. The number of ether oxygens (including phenoxy) is 1. The standard InChI is InChI=1S/C15H17N3O3/c1-3-20-15(19)12-10-8-16-6-4-11(10)17-14(18-12)13-9(2)5-7-21-13/h5,7,16H,3-4,6,8H2,1-2H3. The van der Waals surface area contributed by atoms with Crippen LogP contribution in [-0.2, 0) is 17.7 Å². The number of carbonyl (C=O) groups is 1. The molecule has 0 atom stereocenters. The van der Waals surface area contributed by atoms with Crippen LogP contribution in [0.25, 0.3) is 11.6 Å². The van der Waals surface area contributed by atoms with E-state index >= 15 is 0 Å². The molecular weight excluding hydrogens is 270 g/mol. The zero-order chi connectivity index (χ0) is 14.8. The van der Waals surface area contributed by atoms with Crippen LogP contribution in [0.5, 0.6) is 0 Å². The number of esters is 1. The molecule has 1 N–H and O–H groups in total. The minimum Gasteiger partial charge on any atom is -0.461 e. The summed E-state index contributed by atoms with van der Waals surface area (Å²) in [7, 11) is 0. The molecule has 0 saturated carbocycles. The molecule has 2 aromatic rings. The van der Waals surface area contributed by atoms with Crippen molar-refractivity contribution in [1.29, 1.82) is 0 Å². The molecule has 6 heteroatoms. The van der Waals surface area contributed by atoms with Crippen LogP contribution in [0.3, 0.4) is 0 Å². The Morgan fingerprint density at radius 2 is 2.33 bits per heavy atom. The van der Waals surface area contributed by atoms with E-state index in [9.17, 15) is 4.79 Å². The first kappa shape index (κ1) is 13.8. The first-order chi connectivity index (χ1) is 10.2. The molecule has 110 valence electrons. The molecule has 0 saturated heterocycles. The second kappa shape index (κ2) is 5.65. The number of rotatable bonds is 3. The third-order valence-corrected chi connectivity index (χ3v) is 3.47. The Kier molecular flexibility index (Phi) is 3.70. The van der Waals surface area contributed by atoms with Gasteiger partial charge in [0.05, 0.1) is 18.6 Å². The van der Waals surface area contributed by atoms with Crippen molar-refractivity contribution in [2.24, 2.45) is 0 Å². The van der Waals surface area contributed by atoms with E-state index < -0.39 is 5.97 Å². The van der Waals surface area contributed by atoms with Crippen LogP contribution in [0.15, 0.2) is 16.7 Å². The smallest absolute Gasteiger partial charge is 0.357 e. The van der Waals surface area contributed by atoms with Crippen molar-refractivity contribution in [3.05, 3.63) is 34.8 Å². The first-order valence-corrected chi connectivity index (χ1v) is 7.02. The highest BCUT2D eigenvalue weighted by atomic mass is 16.5. The number of furan rings is 1. The predicted octanol–water partition coefficient (Wildman–Crippen LogP) is 1.87. The molecule has 0 fully saturated rings. The molecule has 0 bridgehead atoms. The monoisotopic (exact) mass is 287 g/mol. The van der Waals surface area contributed by atoms with Gasteiger partial charge >= 0.3 is 5.97 Å². The molecule has 3 heterocycles. The SMILES string of the molecule is CCOC(=O)c1nc(-c2occc2C)nc2c1CNCC2. The first-order valence-electron chi connectivity index (χ1n) is 7.02. The van der Waals surface area contributed by atoms with E-state index in [4.69, 9.17) is 9.15 Å². The molecule has 0 amide bonds. The van der Waals surface area contributed by atoms with Crippen molar-refractivity contribution >= 4 is 5.97 Å². The zero-order valence-electron chi connectivity index (χ0n) is 12.1. The molecule has 0 aliphatic carbocycles. The normalized spacial score (nSPS) is 13.8. The Morgan fingerprint density at radius 1 is 1.48 bits per heavy atom. The molecule has 1 aliphatic rings. The van der Waals surface area contributed by atoms with Crippen LogP contribution in [-0.4, -0.2) is 29.1 Å². The summed E-state index contributed by atoms with van der Waals surface area (Å²) in [5.41, 5.74) is 2.99. The fourth-order valence-corrected chi connectivity index (χ4v) is 2.41. The van der Waals surface area contributed by atoms with Crippen molar-refractivity contribution in [3.63, 3.8) is 0 Å². The minimum atomic E-state index is -0.412. The number of hydrogen-bond acceptors (Lipinski definition) is 6. The summed E-state index contributed by atoms with van der Waals surface area (Å²) in [5.74, 6) is 0.633. The molecular formula is C15H17N3O3. The Labute approximate surface area is 122 Å². The van der Waals surface area contributed by atoms with Crippen LogP contribution < -0.4 is 5.32 Å². The van der Waals surface area contributed by atoms with Gasteiger partial charge < -0.3 is 14.5 Å². The number of hydrogen-bond donors (Lipinski definition) is 1. The molecule has 0 spiro atoms. The van der Waals surface area contributed by atoms with E-state index in [0.29, 0.717) is 30.4 Å². The number of nitrogens with one attached hydrogen (secondary N) is 1. The van der Waals surface area contributed by atoms with Gasteiger partial charge in [0, 0.05) is 25.1 Å². The van der Waals surface area contributed by atoms with Gasteiger partial charge in [-0.15, -0.1) is 0 Å². The lowest BCUT2D eigenvalue weighted by atomic mass is 10.0. The number of aryl methyl sites for hydroxylation is 1. The van der Waals surface area contributed by atoms with Gasteiger partial charge in [-0.2, -0.15) is 0 Å². The quantitative estimate of drug-likeness (QED) is 0.868. The molecule has 0 aromatic carbocycles. The van der Waals surface area contributed by atoms with Crippen molar-refractivity contribution in [2.75, 3.05) is 13.2 Å². The fraction of sp³-hybridized carbons (Fsp3) is 0.400. The van der Waals surface area contributed by atoms with Gasteiger partial charge in [-0.25, -0.2) is 14.8 Å². The van der Waals surface area contributed by atoms with Crippen LogP contribution in [0.1, 0.15) is 34.2 Å². The lowest BCUT2D eigenvalue weighted by molar-refractivity contribution is 0.0517. The maximum atomic E-state index is 12.2. The summed E-state index contributed by atoms with van der Waals surface area (Å²) in [6.07, 6.45) is 2.36. The van der Waals surface area contributed by atoms with E-state index in [-0.39, 0.29) is 0 Å². The topological polar surface area (TPSA) is 77.2 Å². The largest absolute Gasteiger partial charge is 0.461 e. The van der Waals surface area contributed by atoms with E-state index in [0.717, 1.165) is 29.8 Å². The van der Waals surface area contributed by atoms with Crippen molar-refractivity contribution in [2.45, 2.75) is 26.8 Å². The van der Waals surface area contributed by atoms with Crippen molar-refractivity contribution in [3.8, 4) is 11.6 Å². The average molecular weight is 287 g/mol. The Morgan fingerprint density at radius 3 is 3.05 bits per heavy atom. The Balaban J connectivity index is 2.13. The number of carbonyl (C=O) groups excluding carboxylic acids is 1. The number of nitrogens with zero attached hydrogens (tertiary/aromatic N) is 2. The molecule has 0 radical (unpaired) electrons. The van der Waals surface area contributed by atoms with Gasteiger partial charge in [-0.05, 0) is 25.5 Å². The third kappa shape index (κ3) is 2.54. The lowest BCUT2D eigenvalue weighted by Gasteiger charge is -2.19. The number of aromatic nitrogens is 2. The van der Waals surface area contributed by atoms with Crippen molar-refractivity contribution < 1.29 is 13.9 Å². The molecule has 6 nitrogen and oxygen atoms in total.